The van der Waals surface area contributed by atoms with Crippen molar-refractivity contribution in [2.45, 2.75) is 33.2 Å². The summed E-state index contributed by atoms with van der Waals surface area (Å²) in [6.45, 7) is 7.38. The number of nitrogens with one attached hydrogen (secondary N) is 1. The van der Waals surface area contributed by atoms with Gasteiger partial charge >= 0.3 is 0 Å². The standard InChI is InChI=1S/C12H18N4/c1-4-6-13-10-5-7-14-12-11(10)15-8-16(12)9(2)3/h5,7-9H,4,6H2,1-3H3,(H,13,14). The summed E-state index contributed by atoms with van der Waals surface area (Å²) in [4.78, 5) is 8.82. The van der Waals surface area contributed by atoms with Gasteiger partial charge in [-0.3, -0.25) is 0 Å². The fraction of sp³-hybridized carbons (Fsp3) is 0.500. The van der Waals surface area contributed by atoms with Crippen molar-refractivity contribution in [1.82, 2.24) is 14.5 Å². The van der Waals surface area contributed by atoms with Crippen LogP contribution in [-0.2, 0) is 0 Å². The minimum atomic E-state index is 0.388. The first kappa shape index (κ1) is 10.9. The molecular formula is C12H18N4. The number of hydrogen-bond donors (Lipinski definition) is 1. The van der Waals surface area contributed by atoms with Crippen LogP contribution < -0.4 is 5.32 Å². The third-order valence-corrected chi connectivity index (χ3v) is 2.58. The second-order valence-electron chi connectivity index (χ2n) is 4.20. The minimum absolute atomic E-state index is 0.388. The first-order valence-corrected chi connectivity index (χ1v) is 5.79. The molecule has 0 amide bonds. The quantitative estimate of drug-likeness (QED) is 0.858. The van der Waals surface area contributed by atoms with Crippen molar-refractivity contribution in [3.05, 3.63) is 18.6 Å². The van der Waals surface area contributed by atoms with Crippen molar-refractivity contribution in [3.8, 4) is 0 Å². The Bertz CT molecular complexity index is 473. The average Bonchev–Trinajstić information content (AvgIpc) is 2.70. The van der Waals surface area contributed by atoms with E-state index in [2.05, 4.69) is 40.6 Å². The molecule has 0 aromatic carbocycles. The number of aromatic nitrogens is 3. The molecule has 2 aromatic rings. The smallest absolute Gasteiger partial charge is 0.162 e. The van der Waals surface area contributed by atoms with E-state index in [1.54, 1.807) is 0 Å². The summed E-state index contributed by atoms with van der Waals surface area (Å²) in [5.74, 6) is 0. The monoisotopic (exact) mass is 218 g/mol. The van der Waals surface area contributed by atoms with Crippen molar-refractivity contribution >= 4 is 16.9 Å². The van der Waals surface area contributed by atoms with E-state index >= 15 is 0 Å². The highest BCUT2D eigenvalue weighted by Gasteiger charge is 2.09. The first-order valence-electron chi connectivity index (χ1n) is 5.79. The van der Waals surface area contributed by atoms with E-state index in [9.17, 15) is 0 Å². The van der Waals surface area contributed by atoms with Crippen molar-refractivity contribution in [2.75, 3.05) is 11.9 Å². The van der Waals surface area contributed by atoms with Crippen LogP contribution in [0, 0.1) is 0 Å². The molecule has 2 aromatic heterocycles. The van der Waals surface area contributed by atoms with E-state index in [4.69, 9.17) is 0 Å². The molecule has 0 aliphatic rings. The second-order valence-corrected chi connectivity index (χ2v) is 4.20. The molecule has 0 unspecified atom stereocenters. The van der Waals surface area contributed by atoms with E-state index in [0.717, 1.165) is 29.8 Å². The molecule has 0 bridgehead atoms. The Balaban J connectivity index is 2.45. The van der Waals surface area contributed by atoms with Gasteiger partial charge in [0.05, 0.1) is 12.0 Å². The highest BCUT2D eigenvalue weighted by Crippen LogP contribution is 2.22. The van der Waals surface area contributed by atoms with Crippen LogP contribution in [0.1, 0.15) is 33.2 Å². The van der Waals surface area contributed by atoms with Gasteiger partial charge in [0, 0.05) is 18.8 Å². The largest absolute Gasteiger partial charge is 0.383 e. The summed E-state index contributed by atoms with van der Waals surface area (Å²) in [7, 11) is 0. The maximum atomic E-state index is 4.43. The summed E-state index contributed by atoms with van der Waals surface area (Å²) in [5.41, 5.74) is 2.99. The summed E-state index contributed by atoms with van der Waals surface area (Å²) in [6.07, 6.45) is 4.80. The molecule has 4 nitrogen and oxygen atoms in total. The Labute approximate surface area is 95.7 Å². The molecule has 0 aliphatic carbocycles. The third kappa shape index (κ3) is 1.87. The van der Waals surface area contributed by atoms with Crippen molar-refractivity contribution in [2.24, 2.45) is 0 Å². The summed E-state index contributed by atoms with van der Waals surface area (Å²) in [5, 5.41) is 3.37. The lowest BCUT2D eigenvalue weighted by Crippen LogP contribution is -2.02. The molecule has 86 valence electrons. The van der Waals surface area contributed by atoms with Crippen LogP contribution in [0.4, 0.5) is 5.69 Å². The van der Waals surface area contributed by atoms with E-state index in [1.165, 1.54) is 0 Å². The van der Waals surface area contributed by atoms with Gasteiger partial charge in [-0.2, -0.15) is 0 Å². The van der Waals surface area contributed by atoms with E-state index in [1.807, 2.05) is 18.6 Å². The van der Waals surface area contributed by atoms with Gasteiger partial charge in [0.25, 0.3) is 0 Å². The number of pyridine rings is 1. The van der Waals surface area contributed by atoms with Crippen LogP contribution in [0.2, 0.25) is 0 Å². The molecule has 2 heterocycles. The zero-order valence-electron chi connectivity index (χ0n) is 10.1. The van der Waals surface area contributed by atoms with Crippen molar-refractivity contribution in [1.29, 1.82) is 0 Å². The summed E-state index contributed by atoms with van der Waals surface area (Å²) < 4.78 is 2.09. The van der Waals surface area contributed by atoms with E-state index in [0.29, 0.717) is 6.04 Å². The molecule has 0 saturated carbocycles. The topological polar surface area (TPSA) is 42.7 Å². The highest BCUT2D eigenvalue weighted by atomic mass is 15.1. The molecular weight excluding hydrogens is 200 g/mol. The average molecular weight is 218 g/mol. The van der Waals surface area contributed by atoms with Crippen LogP contribution in [0.25, 0.3) is 11.2 Å². The lowest BCUT2D eigenvalue weighted by Gasteiger charge is -2.08. The molecule has 16 heavy (non-hydrogen) atoms. The molecule has 4 heteroatoms. The van der Waals surface area contributed by atoms with Gasteiger partial charge in [-0.15, -0.1) is 0 Å². The predicted octanol–water partition coefficient (Wildman–Crippen LogP) is 2.83. The number of rotatable bonds is 4. The molecule has 0 radical (unpaired) electrons. The molecule has 1 N–H and O–H groups in total. The molecule has 0 saturated heterocycles. The van der Waals surface area contributed by atoms with Gasteiger partial charge in [0.2, 0.25) is 0 Å². The van der Waals surface area contributed by atoms with Gasteiger partial charge in [0.1, 0.15) is 5.52 Å². The van der Waals surface area contributed by atoms with Gasteiger partial charge < -0.3 is 9.88 Å². The maximum Gasteiger partial charge on any atom is 0.162 e. The SMILES string of the molecule is CCCNc1ccnc2c1ncn2C(C)C. The Morgan fingerprint density at radius 3 is 2.88 bits per heavy atom. The molecule has 0 atom stereocenters. The minimum Gasteiger partial charge on any atom is -0.383 e. The zero-order chi connectivity index (χ0) is 11.5. The lowest BCUT2D eigenvalue weighted by molar-refractivity contribution is 0.613. The maximum absolute atomic E-state index is 4.43. The van der Waals surface area contributed by atoms with Crippen LogP contribution in [0.3, 0.4) is 0 Å². The van der Waals surface area contributed by atoms with Gasteiger partial charge in [-0.25, -0.2) is 9.97 Å². The normalized spacial score (nSPS) is 11.2. The summed E-state index contributed by atoms with van der Waals surface area (Å²) in [6, 6.07) is 2.37. The van der Waals surface area contributed by atoms with Crippen LogP contribution >= 0.6 is 0 Å². The zero-order valence-corrected chi connectivity index (χ0v) is 10.1. The number of imidazole rings is 1. The lowest BCUT2D eigenvalue weighted by atomic mass is 10.3. The van der Waals surface area contributed by atoms with Gasteiger partial charge in [-0.1, -0.05) is 6.92 Å². The van der Waals surface area contributed by atoms with Gasteiger partial charge in [0.15, 0.2) is 5.65 Å². The Kier molecular flexibility index (Phi) is 3.08. The number of hydrogen-bond acceptors (Lipinski definition) is 3. The fourth-order valence-electron chi connectivity index (χ4n) is 1.71. The fourth-order valence-corrected chi connectivity index (χ4v) is 1.71. The number of nitrogens with zero attached hydrogens (tertiary/aromatic N) is 3. The number of anilines is 1. The molecule has 2 rings (SSSR count). The van der Waals surface area contributed by atoms with Crippen LogP contribution in [0.15, 0.2) is 18.6 Å². The van der Waals surface area contributed by atoms with Crippen LogP contribution in [-0.4, -0.2) is 21.1 Å². The second kappa shape index (κ2) is 4.51. The molecule has 0 fully saturated rings. The predicted molar refractivity (Wildman–Crippen MR) is 66.7 cm³/mol. The first-order chi connectivity index (χ1) is 7.74. The number of fused-ring (bicyclic) bond motifs is 1. The van der Waals surface area contributed by atoms with Crippen molar-refractivity contribution in [3.63, 3.8) is 0 Å². The van der Waals surface area contributed by atoms with Gasteiger partial charge in [-0.05, 0) is 26.3 Å². The van der Waals surface area contributed by atoms with E-state index < -0.39 is 0 Å². The Hall–Kier alpha value is -1.58. The van der Waals surface area contributed by atoms with E-state index in [-0.39, 0.29) is 0 Å². The third-order valence-electron chi connectivity index (χ3n) is 2.58. The Morgan fingerprint density at radius 2 is 2.19 bits per heavy atom. The highest BCUT2D eigenvalue weighted by molar-refractivity contribution is 5.85. The molecule has 0 spiro atoms. The molecule has 0 aliphatic heterocycles. The Morgan fingerprint density at radius 1 is 1.38 bits per heavy atom. The van der Waals surface area contributed by atoms with Crippen molar-refractivity contribution < 1.29 is 0 Å². The van der Waals surface area contributed by atoms with Crippen LogP contribution in [0.5, 0.6) is 0 Å². The summed E-state index contributed by atoms with van der Waals surface area (Å²) >= 11 is 0.